The van der Waals surface area contributed by atoms with Crippen LogP contribution in [-0.4, -0.2) is 52.0 Å². The predicted molar refractivity (Wildman–Crippen MR) is 38.8 cm³/mol. The second-order valence-corrected chi connectivity index (χ2v) is 2.74. The molecule has 0 aromatic rings. The van der Waals surface area contributed by atoms with Crippen LogP contribution in [0.4, 0.5) is 0 Å². The van der Waals surface area contributed by atoms with Crippen molar-refractivity contribution in [3.63, 3.8) is 0 Å². The molecule has 0 aromatic heterocycles. The van der Waals surface area contributed by atoms with Gasteiger partial charge in [-0.05, 0) is 6.92 Å². The van der Waals surface area contributed by atoms with Gasteiger partial charge in [-0.1, -0.05) is 0 Å². The van der Waals surface area contributed by atoms with Crippen LogP contribution in [0.1, 0.15) is 6.92 Å². The zero-order valence-corrected chi connectivity index (χ0v) is 6.49. The number of nitrogens with one attached hydrogen (secondary N) is 1. The van der Waals surface area contributed by atoms with Gasteiger partial charge in [-0.15, -0.1) is 0 Å². The highest BCUT2D eigenvalue weighted by Gasteiger charge is 2.21. The van der Waals surface area contributed by atoms with Crippen molar-refractivity contribution in [2.75, 3.05) is 19.8 Å². The van der Waals surface area contributed by atoms with E-state index in [-0.39, 0.29) is 19.8 Å². The summed E-state index contributed by atoms with van der Waals surface area (Å²) in [5.74, 6) is 0. The van der Waals surface area contributed by atoms with E-state index in [9.17, 15) is 0 Å². The highest BCUT2D eigenvalue weighted by atomic mass is 16.5. The summed E-state index contributed by atoms with van der Waals surface area (Å²) in [4.78, 5) is 0. The molecule has 0 atom stereocenters. The van der Waals surface area contributed by atoms with E-state index in [0.717, 1.165) is 0 Å². The van der Waals surface area contributed by atoms with Gasteiger partial charge in [0.25, 0.3) is 0 Å². The summed E-state index contributed by atoms with van der Waals surface area (Å²) in [7, 11) is 0. The Hall–Kier alpha value is -0.200. The Kier molecular flexibility index (Phi) is 4.55. The Labute approximate surface area is 65.3 Å². The predicted octanol–water partition coefficient (Wildman–Crippen LogP) is -2.37. The average molecular weight is 165 g/mol. The lowest BCUT2D eigenvalue weighted by Crippen LogP contribution is -2.51. The van der Waals surface area contributed by atoms with Crippen molar-refractivity contribution in [1.82, 2.24) is 5.32 Å². The fraction of sp³-hybridized carbons (Fsp3) is 1.00. The van der Waals surface area contributed by atoms with Gasteiger partial charge in [-0.3, -0.25) is 0 Å². The number of aliphatic hydroxyl groups excluding tert-OH is 3. The van der Waals surface area contributed by atoms with E-state index in [2.05, 4.69) is 5.32 Å². The molecule has 0 rings (SSSR count). The molecule has 0 bridgehead atoms. The number of aliphatic hydroxyl groups is 4. The molecule has 0 aliphatic heterocycles. The maximum atomic E-state index is 8.71. The quantitative estimate of drug-likeness (QED) is 0.294. The molecule has 0 saturated carbocycles. The van der Waals surface area contributed by atoms with Gasteiger partial charge in [0.2, 0.25) is 0 Å². The fourth-order valence-electron chi connectivity index (χ4n) is 0.499. The lowest BCUT2D eigenvalue weighted by molar-refractivity contribution is -0.0463. The highest BCUT2D eigenvalue weighted by Crippen LogP contribution is 1.99. The number of hydrogen-bond acceptors (Lipinski definition) is 5. The fourth-order valence-corrected chi connectivity index (χ4v) is 0.499. The van der Waals surface area contributed by atoms with E-state index in [4.69, 9.17) is 20.4 Å². The van der Waals surface area contributed by atoms with E-state index in [1.54, 1.807) is 6.92 Å². The van der Waals surface area contributed by atoms with Crippen molar-refractivity contribution in [3.05, 3.63) is 0 Å². The molecule has 11 heavy (non-hydrogen) atoms. The molecule has 5 N–H and O–H groups in total. The van der Waals surface area contributed by atoms with Gasteiger partial charge in [0.1, 0.15) is 0 Å². The Bertz CT molecular complexity index is 103. The summed E-state index contributed by atoms with van der Waals surface area (Å²) in [6.07, 6.45) is -1.47. The number of rotatable bonds is 5. The monoisotopic (exact) mass is 165 g/mol. The van der Waals surface area contributed by atoms with Gasteiger partial charge in [0.05, 0.1) is 18.8 Å². The van der Waals surface area contributed by atoms with E-state index in [0.29, 0.717) is 0 Å². The maximum Gasteiger partial charge on any atom is 0.164 e. The van der Waals surface area contributed by atoms with Crippen LogP contribution >= 0.6 is 0 Å². The molecule has 0 spiro atoms. The van der Waals surface area contributed by atoms with Gasteiger partial charge in [-0.25, -0.2) is 0 Å². The molecule has 0 aromatic carbocycles. The molecule has 0 saturated heterocycles. The Balaban J connectivity index is 3.69. The molecule has 5 heteroatoms. The Morgan fingerprint density at radius 3 is 2.00 bits per heavy atom. The van der Waals surface area contributed by atoms with Crippen LogP contribution in [-0.2, 0) is 0 Å². The van der Waals surface area contributed by atoms with Gasteiger partial charge in [-0.2, -0.15) is 0 Å². The molecule has 0 aliphatic carbocycles. The third-order valence-corrected chi connectivity index (χ3v) is 1.41. The van der Waals surface area contributed by atoms with Crippen molar-refractivity contribution in [1.29, 1.82) is 0 Å². The van der Waals surface area contributed by atoms with E-state index < -0.39 is 11.8 Å². The van der Waals surface area contributed by atoms with Crippen LogP contribution in [0.5, 0.6) is 0 Å². The summed E-state index contributed by atoms with van der Waals surface area (Å²) in [6.45, 7) is 0.999. The smallest absolute Gasteiger partial charge is 0.164 e. The zero-order valence-electron chi connectivity index (χ0n) is 6.49. The van der Waals surface area contributed by atoms with Crippen LogP contribution in [0, 0.1) is 0 Å². The Morgan fingerprint density at radius 1 is 1.27 bits per heavy atom. The van der Waals surface area contributed by atoms with Gasteiger partial charge < -0.3 is 25.7 Å². The molecule has 0 aliphatic rings. The number of hydrogen-bond donors (Lipinski definition) is 5. The van der Waals surface area contributed by atoms with E-state index in [1.807, 2.05) is 0 Å². The second-order valence-electron chi connectivity index (χ2n) is 2.74. The summed E-state index contributed by atoms with van der Waals surface area (Å²) in [5, 5.41) is 36.9. The lowest BCUT2D eigenvalue weighted by atomic mass is 10.1. The average Bonchev–Trinajstić information content (AvgIpc) is 2.00. The molecule has 5 nitrogen and oxygen atoms in total. The minimum absolute atomic E-state index is 0.0718. The molecule has 0 unspecified atom stereocenters. The van der Waals surface area contributed by atoms with Crippen molar-refractivity contribution in [2.24, 2.45) is 0 Å². The van der Waals surface area contributed by atoms with Crippen LogP contribution in [0.3, 0.4) is 0 Å². The van der Waals surface area contributed by atoms with Crippen LogP contribution in [0.15, 0.2) is 0 Å². The second kappa shape index (κ2) is 4.63. The van der Waals surface area contributed by atoms with Crippen LogP contribution < -0.4 is 5.32 Å². The maximum absolute atomic E-state index is 8.71. The number of β-amino-alcohol motifs (C(OH)–C–C–N with tert-alkyl or cyclic N) is 2. The topological polar surface area (TPSA) is 93.0 Å². The lowest BCUT2D eigenvalue weighted by Gasteiger charge is -2.26. The molecule has 0 fully saturated rings. The molecular formula is C6H15NO4. The van der Waals surface area contributed by atoms with Crippen LogP contribution in [0.25, 0.3) is 0 Å². The van der Waals surface area contributed by atoms with E-state index in [1.165, 1.54) is 0 Å². The largest absolute Gasteiger partial charge is 0.394 e. The van der Waals surface area contributed by atoms with Crippen molar-refractivity contribution in [3.8, 4) is 0 Å². The van der Waals surface area contributed by atoms with E-state index >= 15 is 0 Å². The van der Waals surface area contributed by atoms with Gasteiger partial charge >= 0.3 is 0 Å². The van der Waals surface area contributed by atoms with Gasteiger partial charge in [0.15, 0.2) is 6.29 Å². The normalized spacial score (nSPS) is 12.5. The summed E-state index contributed by atoms with van der Waals surface area (Å²) < 4.78 is 0. The third-order valence-electron chi connectivity index (χ3n) is 1.41. The minimum Gasteiger partial charge on any atom is -0.394 e. The first-order valence-corrected chi connectivity index (χ1v) is 3.37. The molecule has 68 valence electrons. The third kappa shape index (κ3) is 4.28. The van der Waals surface area contributed by atoms with Crippen LogP contribution in [0.2, 0.25) is 0 Å². The first-order valence-electron chi connectivity index (χ1n) is 3.37. The Morgan fingerprint density at radius 2 is 1.73 bits per heavy atom. The molecule has 0 heterocycles. The summed E-state index contributed by atoms with van der Waals surface area (Å²) >= 11 is 0. The molecule has 0 radical (unpaired) electrons. The first-order chi connectivity index (χ1) is 5.04. The minimum atomic E-state index is -1.47. The van der Waals surface area contributed by atoms with Crippen molar-refractivity contribution in [2.45, 2.75) is 18.8 Å². The summed E-state index contributed by atoms with van der Waals surface area (Å²) in [5.41, 5.74) is -0.844. The standard InChI is InChI=1S/C6H15NO4/c1-6(3-8,4-9)7-2-5(10)11/h5,7-11H,2-4H2,1H3. The SMILES string of the molecule is CC(CO)(CO)NCC(O)O. The van der Waals surface area contributed by atoms with Crippen molar-refractivity contribution < 1.29 is 20.4 Å². The van der Waals surface area contributed by atoms with Gasteiger partial charge in [0, 0.05) is 6.54 Å². The summed E-state index contributed by atoms with van der Waals surface area (Å²) in [6, 6.07) is 0. The highest BCUT2D eigenvalue weighted by molar-refractivity contribution is 4.80. The van der Waals surface area contributed by atoms with Crippen molar-refractivity contribution >= 4 is 0 Å². The first kappa shape index (κ1) is 10.8. The molecular weight excluding hydrogens is 150 g/mol. The molecule has 0 amide bonds. The zero-order chi connectivity index (χ0) is 8.91.